The van der Waals surface area contributed by atoms with Gasteiger partial charge < -0.3 is 9.64 Å². The Hall–Kier alpha value is -2.65. The van der Waals surface area contributed by atoms with Gasteiger partial charge in [0.15, 0.2) is 0 Å². The van der Waals surface area contributed by atoms with E-state index in [1.807, 2.05) is 41.1 Å². The molecular formula is C21H28N8O. The maximum Gasteiger partial charge on any atom is 0.116 e. The number of rotatable bonds is 7. The van der Waals surface area contributed by atoms with Crippen molar-refractivity contribution in [1.82, 2.24) is 39.6 Å². The molecule has 1 aliphatic heterocycles. The van der Waals surface area contributed by atoms with Crippen LogP contribution in [0.2, 0.25) is 0 Å². The standard InChI is InChI=1S/C21H28N8O/c1-30-21-9-17-13-27(5-3-7-28-6-2-4-24-28)12-16(17)8-20(21)29-14-19(25-26-29)18-10-22-15-23-11-18/h2,4,6,10-11,14-17,20-21H,3,5,7-9,12-13H2,1H3/t16-,17+,20-,21-/m1/s1. The monoisotopic (exact) mass is 408 g/mol. The van der Waals surface area contributed by atoms with E-state index in [0.717, 1.165) is 50.2 Å². The molecule has 4 heterocycles. The summed E-state index contributed by atoms with van der Waals surface area (Å²) >= 11 is 0. The van der Waals surface area contributed by atoms with Crippen LogP contribution in [0.3, 0.4) is 0 Å². The van der Waals surface area contributed by atoms with E-state index in [1.54, 1.807) is 12.4 Å². The van der Waals surface area contributed by atoms with Crippen LogP contribution in [-0.2, 0) is 11.3 Å². The van der Waals surface area contributed by atoms with E-state index in [1.165, 1.54) is 12.9 Å². The van der Waals surface area contributed by atoms with E-state index in [9.17, 15) is 0 Å². The van der Waals surface area contributed by atoms with Crippen molar-refractivity contribution in [3.63, 3.8) is 0 Å². The molecular weight excluding hydrogens is 380 g/mol. The Labute approximate surface area is 176 Å². The molecule has 2 aliphatic rings. The molecule has 0 spiro atoms. The molecule has 30 heavy (non-hydrogen) atoms. The zero-order valence-corrected chi connectivity index (χ0v) is 17.3. The van der Waals surface area contributed by atoms with Gasteiger partial charge in [-0.1, -0.05) is 5.21 Å². The summed E-state index contributed by atoms with van der Waals surface area (Å²) in [7, 11) is 1.82. The first-order valence-electron chi connectivity index (χ1n) is 10.7. The van der Waals surface area contributed by atoms with E-state index < -0.39 is 0 Å². The zero-order valence-electron chi connectivity index (χ0n) is 17.3. The van der Waals surface area contributed by atoms with Crippen molar-refractivity contribution < 1.29 is 4.74 Å². The van der Waals surface area contributed by atoms with Crippen molar-refractivity contribution in [3.05, 3.63) is 43.4 Å². The van der Waals surface area contributed by atoms with Crippen LogP contribution >= 0.6 is 0 Å². The summed E-state index contributed by atoms with van der Waals surface area (Å²) in [6.45, 7) is 4.43. The molecule has 9 heteroatoms. The van der Waals surface area contributed by atoms with Gasteiger partial charge >= 0.3 is 0 Å². The minimum atomic E-state index is 0.164. The summed E-state index contributed by atoms with van der Waals surface area (Å²) in [5, 5.41) is 13.1. The molecule has 0 radical (unpaired) electrons. The highest BCUT2D eigenvalue weighted by molar-refractivity contribution is 5.54. The third-order valence-electron chi connectivity index (χ3n) is 6.59. The Morgan fingerprint density at radius 1 is 1.10 bits per heavy atom. The number of nitrogens with zero attached hydrogens (tertiary/aromatic N) is 8. The van der Waals surface area contributed by atoms with Crippen molar-refractivity contribution >= 4 is 0 Å². The van der Waals surface area contributed by atoms with Crippen LogP contribution in [0.1, 0.15) is 25.3 Å². The molecule has 158 valence electrons. The molecule has 0 amide bonds. The van der Waals surface area contributed by atoms with Gasteiger partial charge in [-0.25, -0.2) is 14.6 Å². The minimum absolute atomic E-state index is 0.164. The molecule has 5 rings (SSSR count). The molecule has 1 aliphatic carbocycles. The van der Waals surface area contributed by atoms with Crippen LogP contribution in [-0.4, -0.2) is 72.5 Å². The first kappa shape index (κ1) is 19.3. The predicted molar refractivity (Wildman–Crippen MR) is 110 cm³/mol. The average molecular weight is 409 g/mol. The van der Waals surface area contributed by atoms with Gasteiger partial charge in [-0.05, 0) is 43.7 Å². The number of fused-ring (bicyclic) bond motifs is 1. The van der Waals surface area contributed by atoms with E-state index >= 15 is 0 Å². The highest BCUT2D eigenvalue weighted by Crippen LogP contribution is 2.42. The van der Waals surface area contributed by atoms with Gasteiger partial charge in [0.05, 0.1) is 18.3 Å². The number of aryl methyl sites for hydroxylation is 1. The Bertz CT molecular complexity index is 928. The van der Waals surface area contributed by atoms with Crippen LogP contribution < -0.4 is 0 Å². The van der Waals surface area contributed by atoms with E-state index in [-0.39, 0.29) is 12.1 Å². The smallest absolute Gasteiger partial charge is 0.116 e. The molecule has 3 aromatic heterocycles. The lowest BCUT2D eigenvalue weighted by Crippen LogP contribution is -2.37. The van der Waals surface area contributed by atoms with Gasteiger partial charge in [-0.2, -0.15) is 5.10 Å². The normalized spacial score (nSPS) is 26.7. The Morgan fingerprint density at radius 3 is 2.70 bits per heavy atom. The van der Waals surface area contributed by atoms with Gasteiger partial charge in [-0.3, -0.25) is 4.68 Å². The summed E-state index contributed by atoms with van der Waals surface area (Å²) in [5.41, 5.74) is 1.69. The number of hydrogen-bond donors (Lipinski definition) is 0. The highest BCUT2D eigenvalue weighted by atomic mass is 16.5. The lowest BCUT2D eigenvalue weighted by atomic mass is 9.77. The Balaban J connectivity index is 1.22. The maximum absolute atomic E-state index is 5.90. The fourth-order valence-corrected chi connectivity index (χ4v) is 5.09. The summed E-state index contributed by atoms with van der Waals surface area (Å²) in [6, 6.07) is 2.20. The molecule has 0 N–H and O–H groups in total. The molecule has 9 nitrogen and oxygen atoms in total. The lowest BCUT2D eigenvalue weighted by molar-refractivity contribution is -0.00545. The van der Waals surface area contributed by atoms with Gasteiger partial charge in [0.25, 0.3) is 0 Å². The first-order valence-corrected chi connectivity index (χ1v) is 10.7. The Morgan fingerprint density at radius 2 is 1.93 bits per heavy atom. The van der Waals surface area contributed by atoms with Crippen molar-refractivity contribution in [2.45, 2.75) is 38.0 Å². The van der Waals surface area contributed by atoms with Gasteiger partial charge in [0, 0.05) is 57.1 Å². The average Bonchev–Trinajstić information content (AvgIpc) is 3.53. The first-order chi connectivity index (χ1) is 14.8. The molecule has 1 saturated carbocycles. The van der Waals surface area contributed by atoms with Gasteiger partial charge in [0.2, 0.25) is 0 Å². The highest BCUT2D eigenvalue weighted by Gasteiger charge is 2.43. The fourth-order valence-electron chi connectivity index (χ4n) is 5.09. The number of ether oxygens (including phenoxy) is 1. The molecule has 3 aromatic rings. The third-order valence-corrected chi connectivity index (χ3v) is 6.59. The summed E-state index contributed by atoms with van der Waals surface area (Å²) in [5.74, 6) is 1.38. The summed E-state index contributed by atoms with van der Waals surface area (Å²) < 4.78 is 9.91. The quantitative estimate of drug-likeness (QED) is 0.590. The molecule has 0 aromatic carbocycles. The maximum atomic E-state index is 5.90. The van der Waals surface area contributed by atoms with Crippen LogP contribution in [0.5, 0.6) is 0 Å². The summed E-state index contributed by atoms with van der Waals surface area (Å²) in [6.07, 6.45) is 14.4. The van der Waals surface area contributed by atoms with E-state index in [0.29, 0.717) is 11.8 Å². The number of methoxy groups -OCH3 is 1. The second-order valence-electron chi connectivity index (χ2n) is 8.43. The van der Waals surface area contributed by atoms with Gasteiger partial charge in [0.1, 0.15) is 12.0 Å². The second-order valence-corrected chi connectivity index (χ2v) is 8.43. The molecule has 0 bridgehead atoms. The van der Waals surface area contributed by atoms with Crippen molar-refractivity contribution in [1.29, 1.82) is 0 Å². The molecule has 1 saturated heterocycles. The number of hydrogen-bond acceptors (Lipinski definition) is 7. The predicted octanol–water partition coefficient (Wildman–Crippen LogP) is 1.92. The van der Waals surface area contributed by atoms with Crippen LogP contribution in [0, 0.1) is 11.8 Å². The van der Waals surface area contributed by atoms with E-state index in [4.69, 9.17) is 4.74 Å². The van der Waals surface area contributed by atoms with Crippen molar-refractivity contribution in [3.8, 4) is 11.3 Å². The van der Waals surface area contributed by atoms with Crippen LogP contribution in [0.25, 0.3) is 11.3 Å². The summed E-state index contributed by atoms with van der Waals surface area (Å²) in [4.78, 5) is 10.8. The van der Waals surface area contributed by atoms with Crippen LogP contribution in [0.4, 0.5) is 0 Å². The van der Waals surface area contributed by atoms with E-state index in [2.05, 4.69) is 30.3 Å². The molecule has 4 atom stereocenters. The van der Waals surface area contributed by atoms with Gasteiger partial charge in [-0.15, -0.1) is 5.10 Å². The SMILES string of the molecule is CO[C@@H]1C[C@H]2CN(CCCn3cccn3)C[C@H]2C[C@H]1n1cc(-c2cncnc2)nn1. The minimum Gasteiger partial charge on any atom is -0.379 e. The largest absolute Gasteiger partial charge is 0.379 e. The Kier molecular flexibility index (Phi) is 5.54. The second kappa shape index (κ2) is 8.61. The van der Waals surface area contributed by atoms with Crippen molar-refractivity contribution in [2.75, 3.05) is 26.7 Å². The topological polar surface area (TPSA) is 86.8 Å². The molecule has 0 unspecified atom stereocenters. The molecule has 2 fully saturated rings. The van der Waals surface area contributed by atoms with Crippen LogP contribution in [0.15, 0.2) is 43.4 Å². The number of aromatic nitrogens is 7. The lowest BCUT2D eigenvalue weighted by Gasteiger charge is -2.37. The number of likely N-dealkylation sites (tertiary alicyclic amines) is 1. The third kappa shape index (κ3) is 3.99. The van der Waals surface area contributed by atoms with Crippen molar-refractivity contribution in [2.24, 2.45) is 11.8 Å². The fraction of sp³-hybridized carbons (Fsp3) is 0.571. The zero-order chi connectivity index (χ0) is 20.3.